The first-order valence-corrected chi connectivity index (χ1v) is 7.05. The third-order valence-corrected chi connectivity index (χ3v) is 3.56. The van der Waals surface area contributed by atoms with Crippen LogP contribution in [0.3, 0.4) is 0 Å². The highest BCUT2D eigenvalue weighted by Crippen LogP contribution is 2.32. The lowest BCUT2D eigenvalue weighted by molar-refractivity contribution is 0.557. The standard InChI is InChI=1S/C16H24N4/c1-5-20-11-12(10-18-20)15(19-17)13-8-6-7-9-14(13)16(2,3)4/h6-11,15,19H,5,17H2,1-4H3. The lowest BCUT2D eigenvalue weighted by atomic mass is 9.81. The molecule has 0 saturated heterocycles. The molecular weight excluding hydrogens is 248 g/mol. The largest absolute Gasteiger partial charge is 0.273 e. The van der Waals surface area contributed by atoms with Gasteiger partial charge in [-0.25, -0.2) is 5.43 Å². The Hall–Kier alpha value is -1.65. The van der Waals surface area contributed by atoms with E-state index in [4.69, 9.17) is 5.84 Å². The van der Waals surface area contributed by atoms with E-state index in [2.05, 4.69) is 62.5 Å². The number of nitrogens with one attached hydrogen (secondary N) is 1. The van der Waals surface area contributed by atoms with Crippen LogP contribution in [0.15, 0.2) is 36.7 Å². The first-order valence-electron chi connectivity index (χ1n) is 7.05. The molecule has 108 valence electrons. The fraction of sp³-hybridized carbons (Fsp3) is 0.438. The molecule has 0 aliphatic rings. The highest BCUT2D eigenvalue weighted by molar-refractivity contribution is 5.39. The third-order valence-electron chi connectivity index (χ3n) is 3.56. The number of benzene rings is 1. The smallest absolute Gasteiger partial charge is 0.0743 e. The van der Waals surface area contributed by atoms with Crippen LogP contribution in [0, 0.1) is 0 Å². The number of hydrogen-bond acceptors (Lipinski definition) is 3. The van der Waals surface area contributed by atoms with Crippen molar-refractivity contribution in [1.82, 2.24) is 15.2 Å². The zero-order chi connectivity index (χ0) is 14.8. The number of hydrogen-bond donors (Lipinski definition) is 2. The summed E-state index contributed by atoms with van der Waals surface area (Å²) in [5.41, 5.74) is 6.60. The van der Waals surface area contributed by atoms with Gasteiger partial charge in [0.2, 0.25) is 0 Å². The van der Waals surface area contributed by atoms with Crippen molar-refractivity contribution < 1.29 is 0 Å². The van der Waals surface area contributed by atoms with E-state index < -0.39 is 0 Å². The van der Waals surface area contributed by atoms with Crippen molar-refractivity contribution in [2.75, 3.05) is 0 Å². The summed E-state index contributed by atoms with van der Waals surface area (Å²) < 4.78 is 1.92. The summed E-state index contributed by atoms with van der Waals surface area (Å²) in [7, 11) is 0. The second-order valence-corrected chi connectivity index (χ2v) is 6.07. The van der Waals surface area contributed by atoms with Gasteiger partial charge in [-0.3, -0.25) is 10.5 Å². The van der Waals surface area contributed by atoms with E-state index >= 15 is 0 Å². The lowest BCUT2D eigenvalue weighted by Crippen LogP contribution is -2.31. The monoisotopic (exact) mass is 272 g/mol. The molecule has 1 aromatic heterocycles. The molecule has 1 aromatic carbocycles. The summed E-state index contributed by atoms with van der Waals surface area (Å²) in [6.07, 6.45) is 3.93. The quantitative estimate of drug-likeness (QED) is 0.664. The third kappa shape index (κ3) is 2.92. The van der Waals surface area contributed by atoms with Crippen LogP contribution in [0.1, 0.15) is 50.4 Å². The van der Waals surface area contributed by atoms with Crippen molar-refractivity contribution in [3.05, 3.63) is 53.3 Å². The molecule has 0 aliphatic heterocycles. The van der Waals surface area contributed by atoms with Crippen LogP contribution in [-0.4, -0.2) is 9.78 Å². The predicted octanol–water partition coefficient (Wildman–Crippen LogP) is 2.75. The Bertz CT molecular complexity index is 566. The zero-order valence-corrected chi connectivity index (χ0v) is 12.7. The number of nitrogens with zero attached hydrogens (tertiary/aromatic N) is 2. The Balaban J connectivity index is 2.47. The van der Waals surface area contributed by atoms with Crippen molar-refractivity contribution in [3.8, 4) is 0 Å². The topological polar surface area (TPSA) is 55.9 Å². The Labute approximate surface area is 121 Å². The SMILES string of the molecule is CCn1cc(C(NN)c2ccccc2C(C)(C)C)cn1. The van der Waals surface area contributed by atoms with Gasteiger partial charge in [0.15, 0.2) is 0 Å². The maximum atomic E-state index is 5.81. The van der Waals surface area contributed by atoms with Crippen LogP contribution in [0.2, 0.25) is 0 Å². The summed E-state index contributed by atoms with van der Waals surface area (Å²) in [4.78, 5) is 0. The number of aromatic nitrogens is 2. The molecule has 0 radical (unpaired) electrons. The van der Waals surface area contributed by atoms with Crippen LogP contribution >= 0.6 is 0 Å². The summed E-state index contributed by atoms with van der Waals surface area (Å²) in [6.45, 7) is 9.58. The molecule has 0 aliphatic carbocycles. The molecule has 4 heteroatoms. The summed E-state index contributed by atoms with van der Waals surface area (Å²) in [5, 5.41) is 4.34. The minimum atomic E-state index is -0.0364. The number of aryl methyl sites for hydroxylation is 1. The van der Waals surface area contributed by atoms with Crippen LogP contribution in [-0.2, 0) is 12.0 Å². The van der Waals surface area contributed by atoms with Crippen LogP contribution in [0.25, 0.3) is 0 Å². The first-order chi connectivity index (χ1) is 9.47. The van der Waals surface area contributed by atoms with E-state index in [9.17, 15) is 0 Å². The number of hydrazine groups is 1. The van der Waals surface area contributed by atoms with Crippen molar-refractivity contribution in [2.24, 2.45) is 5.84 Å². The average Bonchev–Trinajstić information content (AvgIpc) is 2.88. The van der Waals surface area contributed by atoms with Crippen molar-refractivity contribution >= 4 is 0 Å². The van der Waals surface area contributed by atoms with Crippen molar-refractivity contribution in [3.63, 3.8) is 0 Å². The number of nitrogens with two attached hydrogens (primary N) is 1. The average molecular weight is 272 g/mol. The Morgan fingerprint density at radius 2 is 2.00 bits per heavy atom. The Kier molecular flexibility index (Phi) is 4.26. The molecule has 0 fully saturated rings. The van der Waals surface area contributed by atoms with Gasteiger partial charge in [-0.2, -0.15) is 5.10 Å². The normalized spacial score (nSPS) is 13.4. The molecule has 0 spiro atoms. The van der Waals surface area contributed by atoms with E-state index in [0.717, 1.165) is 12.1 Å². The zero-order valence-electron chi connectivity index (χ0n) is 12.7. The molecule has 2 rings (SSSR count). The fourth-order valence-electron chi connectivity index (χ4n) is 2.50. The van der Waals surface area contributed by atoms with Gasteiger partial charge in [0.25, 0.3) is 0 Å². The molecule has 0 saturated carbocycles. The summed E-state index contributed by atoms with van der Waals surface area (Å²) in [6, 6.07) is 8.40. The summed E-state index contributed by atoms with van der Waals surface area (Å²) >= 11 is 0. The van der Waals surface area contributed by atoms with Crippen molar-refractivity contribution in [1.29, 1.82) is 0 Å². The maximum Gasteiger partial charge on any atom is 0.0743 e. The van der Waals surface area contributed by atoms with Crippen LogP contribution in [0.5, 0.6) is 0 Å². The van der Waals surface area contributed by atoms with Gasteiger partial charge in [-0.05, 0) is 23.5 Å². The minimum Gasteiger partial charge on any atom is -0.273 e. The highest BCUT2D eigenvalue weighted by Gasteiger charge is 2.23. The van der Waals surface area contributed by atoms with Crippen LogP contribution in [0.4, 0.5) is 0 Å². The van der Waals surface area contributed by atoms with Gasteiger partial charge in [0.1, 0.15) is 0 Å². The number of rotatable bonds is 4. The fourth-order valence-corrected chi connectivity index (χ4v) is 2.50. The molecule has 0 bridgehead atoms. The van der Waals surface area contributed by atoms with Gasteiger partial charge in [-0.15, -0.1) is 0 Å². The van der Waals surface area contributed by atoms with Crippen molar-refractivity contribution in [2.45, 2.75) is 45.7 Å². The first kappa shape index (κ1) is 14.8. The van der Waals surface area contributed by atoms with Gasteiger partial charge in [0, 0.05) is 18.3 Å². The second kappa shape index (κ2) is 5.77. The second-order valence-electron chi connectivity index (χ2n) is 6.07. The molecule has 2 aromatic rings. The molecule has 1 unspecified atom stereocenters. The Morgan fingerprint density at radius 1 is 1.30 bits per heavy atom. The maximum absolute atomic E-state index is 5.81. The van der Waals surface area contributed by atoms with E-state index in [1.54, 1.807) is 0 Å². The van der Waals surface area contributed by atoms with E-state index in [-0.39, 0.29) is 11.5 Å². The summed E-state index contributed by atoms with van der Waals surface area (Å²) in [5.74, 6) is 5.81. The Morgan fingerprint density at radius 3 is 2.55 bits per heavy atom. The molecular formula is C16H24N4. The molecule has 3 N–H and O–H groups in total. The molecule has 4 nitrogen and oxygen atoms in total. The van der Waals surface area contributed by atoms with Gasteiger partial charge >= 0.3 is 0 Å². The highest BCUT2D eigenvalue weighted by atomic mass is 15.3. The van der Waals surface area contributed by atoms with Gasteiger partial charge < -0.3 is 0 Å². The molecule has 1 heterocycles. The van der Waals surface area contributed by atoms with Gasteiger partial charge in [-0.1, -0.05) is 45.0 Å². The molecule has 1 atom stereocenters. The minimum absolute atomic E-state index is 0.0364. The molecule has 20 heavy (non-hydrogen) atoms. The van der Waals surface area contributed by atoms with Gasteiger partial charge in [0.05, 0.1) is 12.2 Å². The van der Waals surface area contributed by atoms with Crippen LogP contribution < -0.4 is 11.3 Å². The van der Waals surface area contributed by atoms with E-state index in [1.807, 2.05) is 17.1 Å². The molecule has 0 amide bonds. The van der Waals surface area contributed by atoms with E-state index in [0.29, 0.717) is 0 Å². The predicted molar refractivity (Wildman–Crippen MR) is 82.2 cm³/mol. The lowest BCUT2D eigenvalue weighted by Gasteiger charge is -2.26. The van der Waals surface area contributed by atoms with E-state index in [1.165, 1.54) is 11.1 Å².